The number of H-pyrrole nitrogens is 1. The maximum absolute atomic E-state index is 13.2. The first-order valence-electron chi connectivity index (χ1n) is 10.6. The highest BCUT2D eigenvalue weighted by Crippen LogP contribution is 2.30. The molecular weight excluding hydrogens is 352 g/mol. The summed E-state index contributed by atoms with van der Waals surface area (Å²) < 4.78 is 0. The summed E-state index contributed by atoms with van der Waals surface area (Å²) in [6, 6.07) is 7.08. The lowest BCUT2D eigenvalue weighted by Gasteiger charge is -2.31. The first-order chi connectivity index (χ1) is 13.6. The molecule has 1 aromatic carbocycles. The van der Waals surface area contributed by atoms with E-state index in [1.54, 1.807) is 6.07 Å². The molecule has 0 bridgehead atoms. The monoisotopic (exact) mass is 384 g/mol. The van der Waals surface area contributed by atoms with Crippen LogP contribution in [0.4, 0.5) is 0 Å². The van der Waals surface area contributed by atoms with Gasteiger partial charge in [0.1, 0.15) is 5.82 Å². The van der Waals surface area contributed by atoms with Crippen molar-refractivity contribution in [1.29, 1.82) is 0 Å². The summed E-state index contributed by atoms with van der Waals surface area (Å²) >= 11 is 0. The minimum atomic E-state index is -0.250. The number of nitrogens with two attached hydrogens (primary N) is 1. The lowest BCUT2D eigenvalue weighted by atomic mass is 10.0. The molecule has 1 heterocycles. The molecule has 1 aliphatic rings. The van der Waals surface area contributed by atoms with Gasteiger partial charge in [0.05, 0.1) is 16.9 Å². The lowest BCUT2D eigenvalue weighted by Crippen LogP contribution is -2.39. The van der Waals surface area contributed by atoms with E-state index in [1.165, 1.54) is 0 Å². The first-order valence-corrected chi connectivity index (χ1v) is 10.6. The van der Waals surface area contributed by atoms with Crippen molar-refractivity contribution in [2.75, 3.05) is 13.1 Å². The molecule has 152 valence electrons. The van der Waals surface area contributed by atoms with Crippen LogP contribution in [0.2, 0.25) is 0 Å². The van der Waals surface area contributed by atoms with Crippen molar-refractivity contribution >= 4 is 16.8 Å². The zero-order chi connectivity index (χ0) is 19.9. The number of rotatable bonds is 9. The van der Waals surface area contributed by atoms with Gasteiger partial charge in [-0.2, -0.15) is 0 Å². The number of carbonyl (C=O) groups excluding carboxylic acids is 1. The Morgan fingerprint density at radius 1 is 1.21 bits per heavy atom. The number of unbranched alkanes of at least 4 members (excludes halogenated alkanes) is 3. The average molecular weight is 385 g/mol. The van der Waals surface area contributed by atoms with Gasteiger partial charge in [-0.3, -0.25) is 9.59 Å². The number of hydrogen-bond donors (Lipinski definition) is 2. The van der Waals surface area contributed by atoms with Crippen LogP contribution >= 0.6 is 0 Å². The molecule has 0 saturated heterocycles. The minimum absolute atomic E-state index is 0.110. The van der Waals surface area contributed by atoms with Crippen LogP contribution in [-0.4, -0.2) is 33.9 Å². The predicted octanol–water partition coefficient (Wildman–Crippen LogP) is 3.52. The quantitative estimate of drug-likeness (QED) is 0.647. The van der Waals surface area contributed by atoms with Crippen molar-refractivity contribution in [3.63, 3.8) is 0 Å². The zero-order valence-electron chi connectivity index (χ0n) is 16.8. The number of benzene rings is 1. The van der Waals surface area contributed by atoms with Crippen molar-refractivity contribution < 1.29 is 4.79 Å². The fourth-order valence-electron chi connectivity index (χ4n) is 4.13. The van der Waals surface area contributed by atoms with E-state index in [1.807, 2.05) is 30.0 Å². The molecule has 1 amide bonds. The van der Waals surface area contributed by atoms with E-state index in [0.29, 0.717) is 29.8 Å². The molecule has 3 rings (SSSR count). The Morgan fingerprint density at radius 2 is 1.93 bits per heavy atom. The van der Waals surface area contributed by atoms with Crippen LogP contribution in [0.15, 0.2) is 29.1 Å². The SMILES string of the molecule is C[C@H](c1nc2ccccc2c(=O)[nH]1)N(CCCCCCN)C(=O)C1CCCC1. The number of nitrogens with zero attached hydrogens (tertiary/aromatic N) is 2. The molecule has 1 fully saturated rings. The fourth-order valence-corrected chi connectivity index (χ4v) is 4.13. The van der Waals surface area contributed by atoms with Gasteiger partial charge in [-0.05, 0) is 51.3 Å². The van der Waals surface area contributed by atoms with Crippen molar-refractivity contribution in [1.82, 2.24) is 14.9 Å². The van der Waals surface area contributed by atoms with Crippen LogP contribution < -0.4 is 11.3 Å². The van der Waals surface area contributed by atoms with Crippen LogP contribution in [0.3, 0.4) is 0 Å². The van der Waals surface area contributed by atoms with Crippen molar-refractivity contribution in [2.45, 2.75) is 64.3 Å². The van der Waals surface area contributed by atoms with Crippen LogP contribution in [0.1, 0.15) is 70.2 Å². The molecule has 0 unspecified atom stereocenters. The van der Waals surface area contributed by atoms with E-state index in [4.69, 9.17) is 5.73 Å². The molecule has 0 spiro atoms. The number of carbonyl (C=O) groups is 1. The van der Waals surface area contributed by atoms with E-state index < -0.39 is 0 Å². The fraction of sp³-hybridized carbons (Fsp3) is 0.591. The summed E-state index contributed by atoms with van der Waals surface area (Å²) in [7, 11) is 0. The second-order valence-corrected chi connectivity index (χ2v) is 7.86. The number of para-hydroxylation sites is 1. The molecule has 6 heteroatoms. The van der Waals surface area contributed by atoms with Gasteiger partial charge in [0.25, 0.3) is 5.56 Å². The molecule has 1 aromatic heterocycles. The Balaban J connectivity index is 1.81. The van der Waals surface area contributed by atoms with E-state index in [2.05, 4.69) is 9.97 Å². The van der Waals surface area contributed by atoms with E-state index in [-0.39, 0.29) is 23.4 Å². The van der Waals surface area contributed by atoms with Crippen LogP contribution in [0, 0.1) is 5.92 Å². The topological polar surface area (TPSA) is 92.1 Å². The maximum Gasteiger partial charge on any atom is 0.258 e. The van der Waals surface area contributed by atoms with Crippen molar-refractivity contribution in [3.05, 3.63) is 40.4 Å². The molecule has 1 atom stereocenters. The lowest BCUT2D eigenvalue weighted by molar-refractivity contribution is -0.137. The standard InChI is InChI=1S/C22H32N4O2/c1-16(20-24-19-13-7-6-12-18(19)21(27)25-20)26(15-9-3-2-8-14-23)22(28)17-10-4-5-11-17/h6-7,12-13,16-17H,2-5,8-11,14-15,23H2,1H3,(H,24,25,27)/t16-/m1/s1. The molecule has 0 radical (unpaired) electrons. The highest BCUT2D eigenvalue weighted by Gasteiger charge is 2.31. The third-order valence-electron chi connectivity index (χ3n) is 5.84. The number of hydrogen-bond acceptors (Lipinski definition) is 4. The summed E-state index contributed by atoms with van der Waals surface area (Å²) in [6.45, 7) is 3.38. The van der Waals surface area contributed by atoms with Gasteiger partial charge < -0.3 is 15.6 Å². The number of nitrogens with one attached hydrogen (secondary N) is 1. The molecule has 28 heavy (non-hydrogen) atoms. The van der Waals surface area contributed by atoms with E-state index in [0.717, 1.165) is 51.4 Å². The highest BCUT2D eigenvalue weighted by atomic mass is 16.2. The Morgan fingerprint density at radius 3 is 2.68 bits per heavy atom. The van der Waals surface area contributed by atoms with Gasteiger partial charge in [0.2, 0.25) is 5.91 Å². The Bertz CT molecular complexity index is 842. The Kier molecular flexibility index (Phi) is 7.20. The number of amides is 1. The van der Waals surface area contributed by atoms with Crippen LogP contribution in [0.25, 0.3) is 10.9 Å². The van der Waals surface area contributed by atoms with Gasteiger partial charge in [0, 0.05) is 12.5 Å². The summed E-state index contributed by atoms with van der Waals surface area (Å²) in [5.74, 6) is 0.885. The molecular formula is C22H32N4O2. The number of fused-ring (bicyclic) bond motifs is 1. The summed E-state index contributed by atoms with van der Waals surface area (Å²) in [5, 5.41) is 0.578. The molecule has 0 aliphatic heterocycles. The van der Waals surface area contributed by atoms with Crippen molar-refractivity contribution in [3.8, 4) is 0 Å². The van der Waals surface area contributed by atoms with Gasteiger partial charge in [-0.1, -0.05) is 37.8 Å². The zero-order valence-corrected chi connectivity index (χ0v) is 16.8. The Hall–Kier alpha value is -2.21. The molecule has 3 N–H and O–H groups in total. The van der Waals surface area contributed by atoms with Gasteiger partial charge in [-0.25, -0.2) is 4.98 Å². The summed E-state index contributed by atoms with van der Waals surface area (Å²) in [4.78, 5) is 35.2. The smallest absolute Gasteiger partial charge is 0.258 e. The summed E-state index contributed by atoms with van der Waals surface area (Å²) in [6.07, 6.45) is 8.29. The van der Waals surface area contributed by atoms with Crippen molar-refractivity contribution in [2.24, 2.45) is 11.7 Å². The highest BCUT2D eigenvalue weighted by molar-refractivity contribution is 5.80. The Labute approximate surface area is 166 Å². The normalized spacial score (nSPS) is 15.8. The molecule has 1 aliphatic carbocycles. The van der Waals surface area contributed by atoms with E-state index >= 15 is 0 Å². The van der Waals surface area contributed by atoms with Gasteiger partial charge in [-0.15, -0.1) is 0 Å². The minimum Gasteiger partial charge on any atom is -0.333 e. The average Bonchev–Trinajstić information content (AvgIpc) is 3.25. The van der Waals surface area contributed by atoms with Crippen LogP contribution in [-0.2, 0) is 4.79 Å². The predicted molar refractivity (Wildman–Crippen MR) is 112 cm³/mol. The third kappa shape index (κ3) is 4.79. The van der Waals surface area contributed by atoms with E-state index in [9.17, 15) is 9.59 Å². The van der Waals surface area contributed by atoms with Crippen LogP contribution in [0.5, 0.6) is 0 Å². The van der Waals surface area contributed by atoms with Gasteiger partial charge in [0.15, 0.2) is 0 Å². The summed E-state index contributed by atoms with van der Waals surface area (Å²) in [5.41, 5.74) is 6.10. The molecule has 1 saturated carbocycles. The second kappa shape index (κ2) is 9.82. The molecule has 2 aromatic rings. The maximum atomic E-state index is 13.2. The largest absolute Gasteiger partial charge is 0.333 e. The molecule has 6 nitrogen and oxygen atoms in total. The first kappa shape index (κ1) is 20.5. The third-order valence-corrected chi connectivity index (χ3v) is 5.84. The van der Waals surface area contributed by atoms with Gasteiger partial charge >= 0.3 is 0 Å². The number of aromatic amines is 1. The number of aromatic nitrogens is 2. The second-order valence-electron chi connectivity index (χ2n) is 7.86.